The van der Waals surface area contributed by atoms with E-state index in [1.54, 1.807) is 36.9 Å². The predicted molar refractivity (Wildman–Crippen MR) is 77.5 cm³/mol. The lowest BCUT2D eigenvalue weighted by molar-refractivity contribution is -0.139. The average Bonchev–Trinajstić information content (AvgIpc) is 2.37. The van der Waals surface area contributed by atoms with Crippen LogP contribution in [0.2, 0.25) is 0 Å². The fraction of sp³-hybridized carbons (Fsp3) is 0.385. The van der Waals surface area contributed by atoms with Crippen LogP contribution >= 0.6 is 11.8 Å². The molecule has 5 nitrogen and oxygen atoms in total. The first-order valence-electron chi connectivity index (χ1n) is 5.84. The van der Waals surface area contributed by atoms with Gasteiger partial charge in [0, 0.05) is 11.3 Å². The van der Waals surface area contributed by atoms with E-state index in [1.165, 1.54) is 0 Å². The third-order valence-corrected chi connectivity index (χ3v) is 3.39. The predicted octanol–water partition coefficient (Wildman–Crippen LogP) is 1.51. The molecular formula is C13H18N2O3S. The fourth-order valence-corrected chi connectivity index (χ4v) is 2.02. The number of amides is 1. The van der Waals surface area contributed by atoms with E-state index in [4.69, 9.17) is 10.8 Å². The van der Waals surface area contributed by atoms with Crippen LogP contribution in [0, 0.1) is 6.92 Å². The van der Waals surface area contributed by atoms with Crippen LogP contribution in [0.3, 0.4) is 0 Å². The summed E-state index contributed by atoms with van der Waals surface area (Å²) in [7, 11) is 0. The molecule has 1 amide bonds. The highest BCUT2D eigenvalue weighted by molar-refractivity contribution is 7.98. The zero-order valence-corrected chi connectivity index (χ0v) is 11.8. The summed E-state index contributed by atoms with van der Waals surface area (Å²) in [5, 5.41) is 11.6. The Morgan fingerprint density at radius 2 is 2.16 bits per heavy atom. The number of carbonyl (C=O) groups excluding carboxylic acids is 1. The first-order chi connectivity index (χ1) is 8.95. The molecule has 1 aromatic carbocycles. The van der Waals surface area contributed by atoms with E-state index in [2.05, 4.69) is 5.32 Å². The molecule has 0 unspecified atom stereocenters. The Balaban J connectivity index is 2.75. The SMILES string of the molecule is CSCC[C@H](NC(=O)c1ccc(N)c(C)c1)C(=O)O. The molecule has 1 atom stereocenters. The van der Waals surface area contributed by atoms with Crippen LogP contribution in [0.1, 0.15) is 22.3 Å². The van der Waals surface area contributed by atoms with E-state index in [0.29, 0.717) is 23.4 Å². The van der Waals surface area contributed by atoms with Gasteiger partial charge in [0.25, 0.3) is 5.91 Å². The quantitative estimate of drug-likeness (QED) is 0.688. The molecule has 6 heteroatoms. The smallest absolute Gasteiger partial charge is 0.326 e. The van der Waals surface area contributed by atoms with Crippen molar-refractivity contribution < 1.29 is 14.7 Å². The average molecular weight is 282 g/mol. The lowest BCUT2D eigenvalue weighted by Gasteiger charge is -2.14. The van der Waals surface area contributed by atoms with E-state index in [1.807, 2.05) is 6.26 Å². The first-order valence-corrected chi connectivity index (χ1v) is 7.23. The number of benzene rings is 1. The maximum absolute atomic E-state index is 12.0. The second-order valence-electron chi connectivity index (χ2n) is 4.22. The normalized spacial score (nSPS) is 11.9. The lowest BCUT2D eigenvalue weighted by atomic mass is 10.1. The molecule has 0 fully saturated rings. The summed E-state index contributed by atoms with van der Waals surface area (Å²) in [6.07, 6.45) is 2.29. The van der Waals surface area contributed by atoms with Crippen LogP contribution in [0.4, 0.5) is 5.69 Å². The topological polar surface area (TPSA) is 92.4 Å². The number of nitrogens with one attached hydrogen (secondary N) is 1. The van der Waals surface area contributed by atoms with E-state index in [0.717, 1.165) is 5.56 Å². The molecule has 0 radical (unpaired) electrons. The van der Waals surface area contributed by atoms with Crippen LogP contribution in [0.15, 0.2) is 18.2 Å². The molecule has 0 saturated carbocycles. The van der Waals surface area contributed by atoms with Crippen LogP contribution in [0.5, 0.6) is 0 Å². The molecular weight excluding hydrogens is 264 g/mol. The Bertz CT molecular complexity index is 477. The van der Waals surface area contributed by atoms with Crippen molar-refractivity contribution in [2.45, 2.75) is 19.4 Å². The zero-order chi connectivity index (χ0) is 14.4. The number of thioether (sulfide) groups is 1. The number of nitrogen functional groups attached to an aromatic ring is 1. The maximum Gasteiger partial charge on any atom is 0.326 e. The van der Waals surface area contributed by atoms with Crippen LogP contribution in [-0.2, 0) is 4.79 Å². The highest BCUT2D eigenvalue weighted by atomic mass is 32.2. The van der Waals surface area contributed by atoms with Gasteiger partial charge in [0.05, 0.1) is 0 Å². The van der Waals surface area contributed by atoms with Crippen molar-refractivity contribution >= 4 is 29.3 Å². The number of carboxylic acid groups (broad SMARTS) is 1. The van der Waals surface area contributed by atoms with Crippen molar-refractivity contribution in [2.24, 2.45) is 0 Å². The van der Waals surface area contributed by atoms with Gasteiger partial charge in [0.1, 0.15) is 6.04 Å². The van der Waals surface area contributed by atoms with Gasteiger partial charge in [-0.25, -0.2) is 4.79 Å². The summed E-state index contributed by atoms with van der Waals surface area (Å²) in [6, 6.07) is 4.02. The molecule has 1 rings (SSSR count). The van der Waals surface area contributed by atoms with Gasteiger partial charge >= 0.3 is 5.97 Å². The number of carbonyl (C=O) groups is 2. The maximum atomic E-state index is 12.0. The van der Waals surface area contributed by atoms with Crippen molar-refractivity contribution in [3.63, 3.8) is 0 Å². The van der Waals surface area contributed by atoms with Gasteiger partial charge in [-0.05, 0) is 49.1 Å². The van der Waals surface area contributed by atoms with Crippen molar-refractivity contribution in [2.75, 3.05) is 17.7 Å². The molecule has 0 aliphatic carbocycles. The lowest BCUT2D eigenvalue weighted by Crippen LogP contribution is -2.41. The molecule has 19 heavy (non-hydrogen) atoms. The summed E-state index contributed by atoms with van der Waals surface area (Å²) in [6.45, 7) is 1.80. The Morgan fingerprint density at radius 1 is 1.47 bits per heavy atom. The van der Waals surface area contributed by atoms with E-state index < -0.39 is 17.9 Å². The minimum atomic E-state index is -1.02. The molecule has 0 aromatic heterocycles. The highest BCUT2D eigenvalue weighted by Crippen LogP contribution is 2.13. The summed E-state index contributed by atoms with van der Waals surface area (Å²) in [5.41, 5.74) is 7.49. The van der Waals surface area contributed by atoms with Gasteiger partial charge in [-0.3, -0.25) is 4.79 Å². The number of rotatable bonds is 6. The van der Waals surface area contributed by atoms with Crippen molar-refractivity contribution in [3.8, 4) is 0 Å². The van der Waals surface area contributed by atoms with Crippen molar-refractivity contribution in [1.29, 1.82) is 0 Å². The number of anilines is 1. The van der Waals surface area contributed by atoms with E-state index in [9.17, 15) is 9.59 Å². The monoisotopic (exact) mass is 282 g/mol. The van der Waals surface area contributed by atoms with E-state index in [-0.39, 0.29) is 0 Å². The highest BCUT2D eigenvalue weighted by Gasteiger charge is 2.20. The summed E-state index contributed by atoms with van der Waals surface area (Å²) < 4.78 is 0. The minimum Gasteiger partial charge on any atom is -0.480 e. The second-order valence-corrected chi connectivity index (χ2v) is 5.20. The molecule has 1 aromatic rings. The molecule has 0 spiro atoms. The fourth-order valence-electron chi connectivity index (χ4n) is 1.55. The van der Waals surface area contributed by atoms with Gasteiger partial charge in [-0.1, -0.05) is 0 Å². The van der Waals surface area contributed by atoms with Crippen molar-refractivity contribution in [1.82, 2.24) is 5.32 Å². The summed E-state index contributed by atoms with van der Waals surface area (Å²) in [5.74, 6) is -0.732. The zero-order valence-electron chi connectivity index (χ0n) is 11.0. The number of aliphatic carboxylic acids is 1. The van der Waals surface area contributed by atoms with Gasteiger partial charge in [0.2, 0.25) is 0 Å². The number of hydrogen-bond acceptors (Lipinski definition) is 4. The first kappa shape index (κ1) is 15.4. The number of nitrogens with two attached hydrogens (primary N) is 1. The Morgan fingerprint density at radius 3 is 2.68 bits per heavy atom. The van der Waals surface area contributed by atoms with Gasteiger partial charge in [-0.15, -0.1) is 0 Å². The number of aryl methyl sites for hydroxylation is 1. The van der Waals surface area contributed by atoms with Gasteiger partial charge in [0.15, 0.2) is 0 Å². The molecule has 0 bridgehead atoms. The molecule has 0 heterocycles. The number of hydrogen-bond donors (Lipinski definition) is 3. The molecule has 104 valence electrons. The van der Waals surface area contributed by atoms with Crippen LogP contribution in [0.25, 0.3) is 0 Å². The Labute approximate surface area is 116 Å². The van der Waals surface area contributed by atoms with Gasteiger partial charge < -0.3 is 16.2 Å². The standard InChI is InChI=1S/C13H18N2O3S/c1-8-7-9(3-4-10(8)14)12(16)15-11(13(17)18)5-6-19-2/h3-4,7,11H,5-6,14H2,1-2H3,(H,15,16)(H,17,18)/t11-/m0/s1. The molecule has 0 aliphatic rings. The third-order valence-electron chi connectivity index (χ3n) is 2.75. The minimum absolute atomic E-state index is 0.392. The Hall–Kier alpha value is -1.69. The third kappa shape index (κ3) is 4.48. The van der Waals surface area contributed by atoms with E-state index >= 15 is 0 Å². The molecule has 4 N–H and O–H groups in total. The Kier molecular flexibility index (Phi) is 5.69. The number of carboxylic acids is 1. The van der Waals surface area contributed by atoms with Crippen LogP contribution in [-0.4, -0.2) is 35.0 Å². The second kappa shape index (κ2) is 7.04. The molecule has 0 saturated heterocycles. The van der Waals surface area contributed by atoms with Gasteiger partial charge in [-0.2, -0.15) is 11.8 Å². The van der Waals surface area contributed by atoms with Crippen LogP contribution < -0.4 is 11.1 Å². The summed E-state index contributed by atoms with van der Waals surface area (Å²) >= 11 is 1.54. The van der Waals surface area contributed by atoms with Crippen molar-refractivity contribution in [3.05, 3.63) is 29.3 Å². The molecule has 0 aliphatic heterocycles. The largest absolute Gasteiger partial charge is 0.480 e. The summed E-state index contributed by atoms with van der Waals surface area (Å²) in [4.78, 5) is 23.0.